The number of carbonyl (C=O) groups is 1. The van der Waals surface area contributed by atoms with Gasteiger partial charge in [0.1, 0.15) is 16.4 Å². The van der Waals surface area contributed by atoms with Gasteiger partial charge in [-0.15, -0.1) is 0 Å². The van der Waals surface area contributed by atoms with Gasteiger partial charge in [-0.25, -0.2) is 17.5 Å². The predicted octanol–water partition coefficient (Wildman–Crippen LogP) is 3.77. The molecular formula is C21H19Cl2FN4O3S. The minimum atomic E-state index is -3.85. The van der Waals surface area contributed by atoms with Crippen molar-refractivity contribution in [3.63, 3.8) is 0 Å². The monoisotopic (exact) mass is 496 g/mol. The van der Waals surface area contributed by atoms with E-state index in [2.05, 4.69) is 5.10 Å². The van der Waals surface area contributed by atoms with Crippen molar-refractivity contribution in [2.24, 2.45) is 0 Å². The molecule has 7 nitrogen and oxygen atoms in total. The van der Waals surface area contributed by atoms with Crippen LogP contribution in [0.4, 0.5) is 4.39 Å². The number of hydrogen-bond donors (Lipinski definition) is 0. The van der Waals surface area contributed by atoms with Crippen LogP contribution in [-0.2, 0) is 10.0 Å². The second kappa shape index (κ2) is 8.82. The highest BCUT2D eigenvalue weighted by atomic mass is 35.5. The quantitative estimate of drug-likeness (QED) is 0.550. The number of sulfonamides is 1. The molecule has 0 spiro atoms. The summed E-state index contributed by atoms with van der Waals surface area (Å²) in [5.74, 6) is -0.737. The molecule has 0 atom stereocenters. The van der Waals surface area contributed by atoms with E-state index < -0.39 is 15.8 Å². The molecule has 11 heteroatoms. The number of para-hydroxylation sites is 1. The van der Waals surface area contributed by atoms with E-state index in [0.29, 0.717) is 11.3 Å². The van der Waals surface area contributed by atoms with Crippen LogP contribution in [0.2, 0.25) is 10.0 Å². The largest absolute Gasteiger partial charge is 0.336 e. The molecule has 0 aliphatic carbocycles. The number of halogens is 3. The fraction of sp³-hybridized carbons (Fsp3) is 0.238. The number of nitrogens with zero attached hydrogens (tertiary/aromatic N) is 4. The summed E-state index contributed by atoms with van der Waals surface area (Å²) in [6.45, 7) is 2.30. The van der Waals surface area contributed by atoms with Gasteiger partial charge in [0.15, 0.2) is 0 Å². The van der Waals surface area contributed by atoms with Crippen molar-refractivity contribution in [3.05, 3.63) is 75.8 Å². The lowest BCUT2D eigenvalue weighted by molar-refractivity contribution is 0.0697. The van der Waals surface area contributed by atoms with Crippen molar-refractivity contribution in [2.75, 3.05) is 26.2 Å². The third-order valence-corrected chi connectivity index (χ3v) is 7.97. The molecule has 1 fully saturated rings. The van der Waals surface area contributed by atoms with Crippen LogP contribution in [0.1, 0.15) is 16.1 Å². The summed E-state index contributed by atoms with van der Waals surface area (Å²) in [6.07, 6.45) is 1.40. The molecule has 168 valence electrons. The van der Waals surface area contributed by atoms with E-state index in [1.54, 1.807) is 30.0 Å². The molecule has 1 aliphatic rings. The van der Waals surface area contributed by atoms with Crippen molar-refractivity contribution in [1.82, 2.24) is 19.0 Å². The maximum atomic E-state index is 14.1. The summed E-state index contributed by atoms with van der Waals surface area (Å²) >= 11 is 12.0. The zero-order valence-electron chi connectivity index (χ0n) is 17.0. The molecule has 1 aliphatic heterocycles. The van der Waals surface area contributed by atoms with E-state index in [0.717, 1.165) is 0 Å². The van der Waals surface area contributed by atoms with Crippen LogP contribution in [-0.4, -0.2) is 59.5 Å². The molecule has 0 saturated carbocycles. The van der Waals surface area contributed by atoms with Gasteiger partial charge in [0, 0.05) is 31.2 Å². The van der Waals surface area contributed by atoms with Gasteiger partial charge in [-0.05, 0) is 37.3 Å². The van der Waals surface area contributed by atoms with Gasteiger partial charge in [0.25, 0.3) is 5.91 Å². The number of hydrogen-bond acceptors (Lipinski definition) is 4. The Morgan fingerprint density at radius 3 is 2.44 bits per heavy atom. The van der Waals surface area contributed by atoms with Gasteiger partial charge < -0.3 is 4.90 Å². The Labute approximate surface area is 195 Å². The molecule has 2 heterocycles. The van der Waals surface area contributed by atoms with E-state index >= 15 is 0 Å². The Hall–Kier alpha value is -2.46. The molecular weight excluding hydrogens is 478 g/mol. The maximum Gasteiger partial charge on any atom is 0.257 e. The number of piperazine rings is 1. The lowest BCUT2D eigenvalue weighted by Crippen LogP contribution is -2.50. The number of amides is 1. The molecule has 2 aromatic carbocycles. The highest BCUT2D eigenvalue weighted by Gasteiger charge is 2.32. The van der Waals surface area contributed by atoms with Gasteiger partial charge in [0.2, 0.25) is 10.0 Å². The second-order valence-electron chi connectivity index (χ2n) is 7.28. The Morgan fingerprint density at radius 2 is 1.75 bits per heavy atom. The average molecular weight is 497 g/mol. The lowest BCUT2D eigenvalue weighted by atomic mass is 10.2. The first-order valence-corrected chi connectivity index (χ1v) is 11.9. The zero-order chi connectivity index (χ0) is 23.0. The maximum absolute atomic E-state index is 14.1. The highest BCUT2D eigenvalue weighted by molar-refractivity contribution is 7.89. The van der Waals surface area contributed by atoms with Crippen LogP contribution in [0.5, 0.6) is 0 Å². The van der Waals surface area contributed by atoms with E-state index in [1.807, 2.05) is 0 Å². The van der Waals surface area contributed by atoms with Gasteiger partial charge in [-0.1, -0.05) is 35.3 Å². The first-order valence-electron chi connectivity index (χ1n) is 9.74. The number of benzene rings is 2. The van der Waals surface area contributed by atoms with E-state index in [-0.39, 0.29) is 52.7 Å². The summed E-state index contributed by atoms with van der Waals surface area (Å²) in [6, 6.07) is 10.4. The first kappa shape index (κ1) is 22.7. The predicted molar refractivity (Wildman–Crippen MR) is 119 cm³/mol. The van der Waals surface area contributed by atoms with Crippen LogP contribution in [0.15, 0.2) is 53.6 Å². The molecule has 1 amide bonds. The fourth-order valence-corrected chi connectivity index (χ4v) is 5.76. The van der Waals surface area contributed by atoms with Crippen molar-refractivity contribution in [3.8, 4) is 5.69 Å². The Morgan fingerprint density at radius 1 is 1.06 bits per heavy atom. The van der Waals surface area contributed by atoms with Crippen LogP contribution in [0, 0.1) is 12.7 Å². The van der Waals surface area contributed by atoms with Gasteiger partial charge in [0.05, 0.1) is 22.5 Å². The molecule has 4 rings (SSSR count). The van der Waals surface area contributed by atoms with Crippen molar-refractivity contribution in [2.45, 2.75) is 11.8 Å². The van der Waals surface area contributed by atoms with Gasteiger partial charge >= 0.3 is 0 Å². The smallest absolute Gasteiger partial charge is 0.257 e. The molecule has 0 bridgehead atoms. The number of carbonyl (C=O) groups excluding carboxylic acids is 1. The Kier molecular flexibility index (Phi) is 6.26. The summed E-state index contributed by atoms with van der Waals surface area (Å²) in [5.41, 5.74) is 1.08. The van der Waals surface area contributed by atoms with Crippen LogP contribution < -0.4 is 0 Å². The lowest BCUT2D eigenvalue weighted by Gasteiger charge is -2.34. The van der Waals surface area contributed by atoms with Gasteiger partial charge in [-0.3, -0.25) is 4.79 Å². The van der Waals surface area contributed by atoms with Crippen LogP contribution in [0.25, 0.3) is 5.69 Å². The third-order valence-electron chi connectivity index (χ3n) is 5.36. The summed E-state index contributed by atoms with van der Waals surface area (Å²) in [5, 5.41) is 4.53. The minimum absolute atomic E-state index is 0.0616. The third kappa shape index (κ3) is 4.13. The van der Waals surface area contributed by atoms with Crippen molar-refractivity contribution in [1.29, 1.82) is 0 Å². The Bertz CT molecular complexity index is 1290. The van der Waals surface area contributed by atoms with E-state index in [9.17, 15) is 17.6 Å². The highest BCUT2D eigenvalue weighted by Crippen LogP contribution is 2.28. The van der Waals surface area contributed by atoms with Crippen molar-refractivity contribution >= 4 is 39.1 Å². The zero-order valence-corrected chi connectivity index (χ0v) is 19.3. The normalized spacial score (nSPS) is 15.2. The van der Waals surface area contributed by atoms with Crippen LogP contribution in [0.3, 0.4) is 0 Å². The van der Waals surface area contributed by atoms with Crippen molar-refractivity contribution < 1.29 is 17.6 Å². The topological polar surface area (TPSA) is 75.5 Å². The summed E-state index contributed by atoms with van der Waals surface area (Å²) < 4.78 is 42.8. The summed E-state index contributed by atoms with van der Waals surface area (Å²) in [7, 11) is -3.85. The standard InChI is InChI=1S/C21H19Cl2FN4O3S/c1-14-16(13-25-28(14)19-5-3-2-4-18(19)24)21(29)26-8-10-27(11-9-26)32(30,31)20-12-15(22)6-7-17(20)23/h2-7,12-13H,8-11H2,1H3. The molecule has 0 unspecified atom stereocenters. The Balaban J connectivity index is 1.50. The molecule has 3 aromatic rings. The fourth-order valence-electron chi connectivity index (χ4n) is 3.60. The molecule has 0 radical (unpaired) electrons. The number of aromatic nitrogens is 2. The first-order chi connectivity index (χ1) is 15.2. The summed E-state index contributed by atoms with van der Waals surface area (Å²) in [4.78, 5) is 14.5. The van der Waals surface area contributed by atoms with E-state index in [1.165, 1.54) is 39.4 Å². The van der Waals surface area contributed by atoms with Crippen LogP contribution >= 0.6 is 23.2 Å². The van der Waals surface area contributed by atoms with E-state index in [4.69, 9.17) is 23.2 Å². The number of rotatable bonds is 4. The molecule has 0 N–H and O–H groups in total. The molecule has 1 saturated heterocycles. The molecule has 32 heavy (non-hydrogen) atoms. The SMILES string of the molecule is Cc1c(C(=O)N2CCN(S(=O)(=O)c3cc(Cl)ccc3Cl)CC2)cnn1-c1ccccc1F. The second-order valence-corrected chi connectivity index (χ2v) is 10.0. The minimum Gasteiger partial charge on any atom is -0.336 e. The van der Waals surface area contributed by atoms with Gasteiger partial charge in [-0.2, -0.15) is 9.40 Å². The average Bonchev–Trinajstić information content (AvgIpc) is 3.16. The molecule has 1 aromatic heterocycles.